The van der Waals surface area contributed by atoms with Crippen LogP contribution in [-0.2, 0) is 0 Å². The molecule has 0 spiro atoms. The quantitative estimate of drug-likeness (QED) is 0.859. The van der Waals surface area contributed by atoms with Crippen molar-refractivity contribution in [3.63, 3.8) is 0 Å². The number of benzene rings is 1. The van der Waals surface area contributed by atoms with Crippen molar-refractivity contribution in [3.05, 3.63) is 29.8 Å². The molecule has 4 nitrogen and oxygen atoms in total. The topological polar surface area (TPSA) is 58.4 Å². The second-order valence-corrected chi connectivity index (χ2v) is 5.38. The van der Waals surface area contributed by atoms with E-state index in [1.807, 2.05) is 36.1 Å². The summed E-state index contributed by atoms with van der Waals surface area (Å²) in [5.74, 6) is 0. The smallest absolute Gasteiger partial charge is 0.322 e. The van der Waals surface area contributed by atoms with E-state index in [0.29, 0.717) is 6.04 Å². The minimum Gasteiger partial charge on any atom is -0.324 e. The molecule has 0 aliphatic carbocycles. The SMILES string of the molecule is CC(N)c1ccc(NC(=O)N2CCCCC2C)cc1. The molecular weight excluding hydrogens is 238 g/mol. The van der Waals surface area contributed by atoms with Gasteiger partial charge >= 0.3 is 6.03 Å². The molecule has 0 radical (unpaired) electrons. The number of hydrogen-bond acceptors (Lipinski definition) is 2. The Morgan fingerprint density at radius 1 is 1.37 bits per heavy atom. The Bertz CT molecular complexity index is 428. The molecule has 1 aliphatic heterocycles. The number of urea groups is 1. The first kappa shape index (κ1) is 13.9. The molecule has 1 fully saturated rings. The molecule has 4 heteroatoms. The molecule has 1 aromatic carbocycles. The van der Waals surface area contributed by atoms with Gasteiger partial charge in [-0.15, -0.1) is 0 Å². The Balaban J connectivity index is 1.98. The maximum Gasteiger partial charge on any atom is 0.322 e. The van der Waals surface area contributed by atoms with Crippen LogP contribution < -0.4 is 11.1 Å². The Morgan fingerprint density at radius 2 is 2.05 bits per heavy atom. The highest BCUT2D eigenvalue weighted by atomic mass is 16.2. The van der Waals surface area contributed by atoms with Crippen molar-refractivity contribution < 1.29 is 4.79 Å². The summed E-state index contributed by atoms with van der Waals surface area (Å²) in [5, 5.41) is 2.95. The summed E-state index contributed by atoms with van der Waals surface area (Å²) in [4.78, 5) is 14.1. The van der Waals surface area contributed by atoms with Gasteiger partial charge in [0.1, 0.15) is 0 Å². The van der Waals surface area contributed by atoms with E-state index in [9.17, 15) is 4.79 Å². The molecule has 2 amide bonds. The van der Waals surface area contributed by atoms with Gasteiger partial charge in [-0.2, -0.15) is 0 Å². The van der Waals surface area contributed by atoms with Gasteiger partial charge in [0.25, 0.3) is 0 Å². The minimum absolute atomic E-state index is 0.000692. The molecule has 3 N–H and O–H groups in total. The van der Waals surface area contributed by atoms with Crippen LogP contribution in [0, 0.1) is 0 Å². The van der Waals surface area contributed by atoms with Crippen molar-refractivity contribution in [2.45, 2.75) is 45.2 Å². The molecule has 0 aromatic heterocycles. The summed E-state index contributed by atoms with van der Waals surface area (Å²) < 4.78 is 0. The number of nitrogens with two attached hydrogens (primary N) is 1. The van der Waals surface area contributed by atoms with Crippen LogP contribution in [-0.4, -0.2) is 23.5 Å². The largest absolute Gasteiger partial charge is 0.324 e. The number of nitrogens with one attached hydrogen (secondary N) is 1. The molecule has 1 aliphatic rings. The van der Waals surface area contributed by atoms with Gasteiger partial charge in [-0.25, -0.2) is 4.79 Å². The molecule has 0 saturated carbocycles. The predicted octanol–water partition coefficient (Wildman–Crippen LogP) is 3.11. The highest BCUT2D eigenvalue weighted by molar-refractivity contribution is 5.89. The number of piperidine rings is 1. The fraction of sp³-hybridized carbons (Fsp3) is 0.533. The van der Waals surface area contributed by atoms with Gasteiger partial charge in [0.05, 0.1) is 0 Å². The molecular formula is C15H23N3O. The van der Waals surface area contributed by atoms with E-state index in [0.717, 1.165) is 30.6 Å². The maximum atomic E-state index is 12.2. The zero-order valence-corrected chi connectivity index (χ0v) is 11.7. The van der Waals surface area contributed by atoms with Gasteiger partial charge in [0, 0.05) is 24.3 Å². The van der Waals surface area contributed by atoms with E-state index in [2.05, 4.69) is 12.2 Å². The lowest BCUT2D eigenvalue weighted by Crippen LogP contribution is -2.44. The van der Waals surface area contributed by atoms with E-state index >= 15 is 0 Å². The van der Waals surface area contributed by atoms with Crippen LogP contribution in [0.15, 0.2) is 24.3 Å². The molecule has 1 saturated heterocycles. The van der Waals surface area contributed by atoms with Gasteiger partial charge in [-0.05, 0) is 50.8 Å². The van der Waals surface area contributed by atoms with Crippen molar-refractivity contribution in [3.8, 4) is 0 Å². The Hall–Kier alpha value is -1.55. The highest BCUT2D eigenvalue weighted by Crippen LogP contribution is 2.19. The number of rotatable bonds is 2. The summed E-state index contributed by atoms with van der Waals surface area (Å²) in [5.41, 5.74) is 7.70. The average Bonchev–Trinajstić information content (AvgIpc) is 2.39. The molecule has 2 unspecified atom stereocenters. The molecule has 2 rings (SSSR count). The summed E-state index contributed by atoms with van der Waals surface area (Å²) >= 11 is 0. The first-order valence-corrected chi connectivity index (χ1v) is 7.01. The van der Waals surface area contributed by atoms with Crippen molar-refractivity contribution in [2.75, 3.05) is 11.9 Å². The fourth-order valence-corrected chi connectivity index (χ4v) is 2.47. The highest BCUT2D eigenvalue weighted by Gasteiger charge is 2.22. The summed E-state index contributed by atoms with van der Waals surface area (Å²) in [6.45, 7) is 4.91. The third-order valence-corrected chi connectivity index (χ3v) is 3.75. The number of hydrogen-bond donors (Lipinski definition) is 2. The standard InChI is InChI=1S/C15H23N3O/c1-11-5-3-4-10-18(11)15(19)17-14-8-6-13(7-9-14)12(2)16/h6-9,11-12H,3-5,10,16H2,1-2H3,(H,17,19). The number of amides is 2. The van der Waals surface area contributed by atoms with Crippen LogP contribution in [0.1, 0.15) is 44.7 Å². The normalized spacial score (nSPS) is 21.0. The summed E-state index contributed by atoms with van der Waals surface area (Å²) in [6.07, 6.45) is 3.41. The second-order valence-electron chi connectivity index (χ2n) is 5.38. The Labute approximate surface area is 115 Å². The predicted molar refractivity (Wildman–Crippen MR) is 78.1 cm³/mol. The van der Waals surface area contributed by atoms with Crippen molar-refractivity contribution in [2.24, 2.45) is 5.73 Å². The van der Waals surface area contributed by atoms with E-state index in [1.54, 1.807) is 0 Å². The zero-order chi connectivity index (χ0) is 13.8. The number of nitrogens with zero attached hydrogens (tertiary/aromatic N) is 1. The van der Waals surface area contributed by atoms with Gasteiger partial charge in [-0.1, -0.05) is 12.1 Å². The van der Waals surface area contributed by atoms with Crippen LogP contribution in [0.5, 0.6) is 0 Å². The fourth-order valence-electron chi connectivity index (χ4n) is 2.47. The lowest BCUT2D eigenvalue weighted by atomic mass is 10.0. The third-order valence-electron chi connectivity index (χ3n) is 3.75. The summed E-state index contributed by atoms with van der Waals surface area (Å²) in [6, 6.07) is 8.08. The number of carbonyl (C=O) groups is 1. The average molecular weight is 261 g/mol. The van der Waals surface area contributed by atoms with Crippen LogP contribution >= 0.6 is 0 Å². The van der Waals surface area contributed by atoms with Crippen LogP contribution in [0.4, 0.5) is 10.5 Å². The first-order valence-electron chi connectivity index (χ1n) is 7.01. The maximum absolute atomic E-state index is 12.2. The van der Waals surface area contributed by atoms with Gasteiger partial charge < -0.3 is 16.0 Å². The van der Waals surface area contributed by atoms with Crippen molar-refractivity contribution in [1.29, 1.82) is 0 Å². The molecule has 1 aromatic rings. The molecule has 1 heterocycles. The lowest BCUT2D eigenvalue weighted by molar-refractivity contribution is 0.170. The van der Waals surface area contributed by atoms with Crippen LogP contribution in [0.2, 0.25) is 0 Å². The van der Waals surface area contributed by atoms with Gasteiger partial charge in [0.15, 0.2) is 0 Å². The van der Waals surface area contributed by atoms with Crippen molar-refractivity contribution in [1.82, 2.24) is 4.90 Å². The monoisotopic (exact) mass is 261 g/mol. The number of likely N-dealkylation sites (tertiary alicyclic amines) is 1. The second kappa shape index (κ2) is 6.06. The molecule has 19 heavy (non-hydrogen) atoms. The zero-order valence-electron chi connectivity index (χ0n) is 11.7. The molecule has 104 valence electrons. The Morgan fingerprint density at radius 3 is 2.63 bits per heavy atom. The molecule has 0 bridgehead atoms. The molecule has 2 atom stereocenters. The van der Waals surface area contributed by atoms with Gasteiger partial charge in [0.2, 0.25) is 0 Å². The van der Waals surface area contributed by atoms with Crippen LogP contribution in [0.25, 0.3) is 0 Å². The minimum atomic E-state index is 0.000692. The number of anilines is 1. The van der Waals surface area contributed by atoms with E-state index in [1.165, 1.54) is 6.42 Å². The summed E-state index contributed by atoms with van der Waals surface area (Å²) in [7, 11) is 0. The number of carbonyl (C=O) groups excluding carboxylic acids is 1. The van der Waals surface area contributed by atoms with Crippen molar-refractivity contribution >= 4 is 11.7 Å². The van der Waals surface area contributed by atoms with E-state index in [-0.39, 0.29) is 12.1 Å². The van der Waals surface area contributed by atoms with E-state index in [4.69, 9.17) is 5.73 Å². The third kappa shape index (κ3) is 3.47. The Kier molecular flexibility index (Phi) is 4.43. The van der Waals surface area contributed by atoms with Gasteiger partial charge in [-0.3, -0.25) is 0 Å². The van der Waals surface area contributed by atoms with E-state index < -0.39 is 0 Å². The lowest BCUT2D eigenvalue weighted by Gasteiger charge is -2.33. The first-order chi connectivity index (χ1) is 9.08. The van der Waals surface area contributed by atoms with Crippen LogP contribution in [0.3, 0.4) is 0 Å².